The molecule has 0 unspecified atom stereocenters. The third kappa shape index (κ3) is 3.88. The lowest BCUT2D eigenvalue weighted by Crippen LogP contribution is -2.19. The number of aromatic nitrogens is 3. The zero-order valence-electron chi connectivity index (χ0n) is 14.1. The second kappa shape index (κ2) is 6.80. The Morgan fingerprint density at radius 2 is 2.08 bits per heavy atom. The molecule has 2 N–H and O–H groups in total. The van der Waals surface area contributed by atoms with Gasteiger partial charge in [-0.3, -0.25) is 9.48 Å². The fourth-order valence-corrected chi connectivity index (χ4v) is 2.74. The molecule has 2 aromatic heterocycles. The van der Waals surface area contributed by atoms with Crippen molar-refractivity contribution >= 4 is 28.5 Å². The molecule has 0 bridgehead atoms. The van der Waals surface area contributed by atoms with E-state index in [-0.39, 0.29) is 18.0 Å². The predicted octanol–water partition coefficient (Wildman–Crippen LogP) is 2.83. The minimum absolute atomic E-state index is 0.0420. The lowest BCUT2D eigenvalue weighted by molar-refractivity contribution is -0.116. The molecule has 0 saturated heterocycles. The molecule has 7 nitrogen and oxygen atoms in total. The standard InChI is InChI=1S/C18H20N4O3/c1-12(2)9-21-6-5-13-7-15(3-4-16(13)21)20-17(23)11-22-10-14(8-19-22)18(24)25/h3-8,10,12H,9,11H2,1-2H3,(H,20,23)(H,24,25). The first-order valence-electron chi connectivity index (χ1n) is 8.07. The number of carboxylic acids is 1. The van der Waals surface area contributed by atoms with Crippen LogP contribution in [0.15, 0.2) is 42.9 Å². The van der Waals surface area contributed by atoms with E-state index in [2.05, 4.69) is 28.8 Å². The van der Waals surface area contributed by atoms with Crippen molar-refractivity contribution in [1.29, 1.82) is 0 Å². The first kappa shape index (κ1) is 16.8. The average Bonchev–Trinajstić information content (AvgIpc) is 3.14. The molecule has 25 heavy (non-hydrogen) atoms. The monoisotopic (exact) mass is 340 g/mol. The average molecular weight is 340 g/mol. The summed E-state index contributed by atoms with van der Waals surface area (Å²) in [4.78, 5) is 23.0. The van der Waals surface area contributed by atoms with Crippen LogP contribution in [0.5, 0.6) is 0 Å². The van der Waals surface area contributed by atoms with Gasteiger partial charge in [0.25, 0.3) is 0 Å². The van der Waals surface area contributed by atoms with Crippen molar-refractivity contribution in [3.63, 3.8) is 0 Å². The molecule has 0 spiro atoms. The molecule has 0 fully saturated rings. The van der Waals surface area contributed by atoms with Gasteiger partial charge in [-0.05, 0) is 30.2 Å². The first-order chi connectivity index (χ1) is 11.9. The van der Waals surface area contributed by atoms with Gasteiger partial charge in [-0.25, -0.2) is 4.79 Å². The van der Waals surface area contributed by atoms with E-state index in [0.717, 1.165) is 17.4 Å². The highest BCUT2D eigenvalue weighted by Crippen LogP contribution is 2.21. The SMILES string of the molecule is CC(C)Cn1ccc2cc(NC(=O)Cn3cc(C(=O)O)cn3)ccc21. The van der Waals surface area contributed by atoms with E-state index < -0.39 is 5.97 Å². The summed E-state index contributed by atoms with van der Waals surface area (Å²) in [5, 5.41) is 16.6. The highest BCUT2D eigenvalue weighted by atomic mass is 16.4. The van der Waals surface area contributed by atoms with Crippen LogP contribution in [0.3, 0.4) is 0 Å². The van der Waals surface area contributed by atoms with Crippen LogP contribution in [-0.4, -0.2) is 31.3 Å². The zero-order chi connectivity index (χ0) is 18.0. The highest BCUT2D eigenvalue weighted by Gasteiger charge is 2.10. The molecule has 0 radical (unpaired) electrons. The molecule has 0 atom stereocenters. The van der Waals surface area contributed by atoms with Gasteiger partial charge in [-0.15, -0.1) is 0 Å². The Labute approximate surface area is 144 Å². The van der Waals surface area contributed by atoms with Crippen molar-refractivity contribution in [3.8, 4) is 0 Å². The van der Waals surface area contributed by atoms with E-state index in [1.165, 1.54) is 17.1 Å². The van der Waals surface area contributed by atoms with Gasteiger partial charge in [0.2, 0.25) is 5.91 Å². The van der Waals surface area contributed by atoms with Gasteiger partial charge in [0.15, 0.2) is 0 Å². The molecule has 0 aliphatic carbocycles. The van der Waals surface area contributed by atoms with Gasteiger partial charge in [0, 0.05) is 35.5 Å². The van der Waals surface area contributed by atoms with Gasteiger partial charge in [-0.1, -0.05) is 13.8 Å². The Balaban J connectivity index is 1.69. The number of hydrogen-bond donors (Lipinski definition) is 2. The minimum atomic E-state index is -1.07. The number of anilines is 1. The molecule has 0 aliphatic rings. The maximum Gasteiger partial charge on any atom is 0.338 e. The number of aromatic carboxylic acids is 1. The number of rotatable bonds is 6. The topological polar surface area (TPSA) is 89.2 Å². The fraction of sp³-hybridized carbons (Fsp3) is 0.278. The highest BCUT2D eigenvalue weighted by molar-refractivity contribution is 5.94. The molecule has 3 aromatic rings. The lowest BCUT2D eigenvalue weighted by Gasteiger charge is -2.09. The summed E-state index contributed by atoms with van der Waals surface area (Å²) < 4.78 is 3.50. The maximum absolute atomic E-state index is 12.1. The number of amides is 1. The normalized spacial score (nSPS) is 11.2. The number of nitrogens with one attached hydrogen (secondary N) is 1. The third-order valence-electron chi connectivity index (χ3n) is 3.80. The van der Waals surface area contributed by atoms with Crippen molar-refractivity contribution in [3.05, 3.63) is 48.4 Å². The van der Waals surface area contributed by atoms with Crippen LogP contribution >= 0.6 is 0 Å². The van der Waals surface area contributed by atoms with E-state index in [4.69, 9.17) is 5.11 Å². The molecule has 0 aliphatic heterocycles. The second-order valence-corrected chi connectivity index (χ2v) is 6.42. The lowest BCUT2D eigenvalue weighted by atomic mass is 10.2. The smallest absolute Gasteiger partial charge is 0.338 e. The van der Waals surface area contributed by atoms with Gasteiger partial charge in [-0.2, -0.15) is 5.10 Å². The van der Waals surface area contributed by atoms with Crippen LogP contribution in [0, 0.1) is 5.92 Å². The van der Waals surface area contributed by atoms with Crippen LogP contribution in [0.2, 0.25) is 0 Å². The zero-order valence-corrected chi connectivity index (χ0v) is 14.1. The minimum Gasteiger partial charge on any atom is -0.478 e. The van der Waals surface area contributed by atoms with Crippen molar-refractivity contribution in [1.82, 2.24) is 14.3 Å². The van der Waals surface area contributed by atoms with Crippen LogP contribution in [0.1, 0.15) is 24.2 Å². The summed E-state index contributed by atoms with van der Waals surface area (Å²) in [5.74, 6) is -0.774. The first-order valence-corrected chi connectivity index (χ1v) is 8.07. The molecule has 3 rings (SSSR count). The second-order valence-electron chi connectivity index (χ2n) is 6.42. The number of carbonyl (C=O) groups excluding carboxylic acids is 1. The molecule has 7 heteroatoms. The van der Waals surface area contributed by atoms with E-state index in [1.807, 2.05) is 30.5 Å². The number of hydrogen-bond acceptors (Lipinski definition) is 3. The van der Waals surface area contributed by atoms with E-state index in [0.29, 0.717) is 11.6 Å². The largest absolute Gasteiger partial charge is 0.478 e. The van der Waals surface area contributed by atoms with Crippen LogP contribution in [0.25, 0.3) is 10.9 Å². The fourth-order valence-electron chi connectivity index (χ4n) is 2.74. The summed E-state index contributed by atoms with van der Waals surface area (Å²) in [6.07, 6.45) is 4.60. The van der Waals surface area contributed by atoms with E-state index >= 15 is 0 Å². The summed E-state index contributed by atoms with van der Waals surface area (Å²) in [5.41, 5.74) is 1.89. The Morgan fingerprint density at radius 1 is 1.28 bits per heavy atom. The van der Waals surface area contributed by atoms with Gasteiger partial charge < -0.3 is 15.0 Å². The number of carboxylic acid groups (broad SMARTS) is 1. The Bertz CT molecular complexity index is 923. The van der Waals surface area contributed by atoms with Gasteiger partial charge in [0.1, 0.15) is 6.54 Å². The van der Waals surface area contributed by atoms with Crippen LogP contribution < -0.4 is 5.32 Å². The Morgan fingerprint density at radius 3 is 2.76 bits per heavy atom. The van der Waals surface area contributed by atoms with Crippen molar-refractivity contribution in [2.75, 3.05) is 5.32 Å². The molecule has 130 valence electrons. The van der Waals surface area contributed by atoms with Gasteiger partial charge in [0.05, 0.1) is 11.8 Å². The van der Waals surface area contributed by atoms with Crippen molar-refractivity contribution in [2.45, 2.75) is 26.9 Å². The number of carbonyl (C=O) groups is 2. The van der Waals surface area contributed by atoms with Gasteiger partial charge >= 0.3 is 5.97 Å². The van der Waals surface area contributed by atoms with E-state index in [9.17, 15) is 9.59 Å². The number of nitrogens with zero attached hydrogens (tertiary/aromatic N) is 3. The predicted molar refractivity (Wildman–Crippen MR) is 94.6 cm³/mol. The molecular formula is C18H20N4O3. The quantitative estimate of drug-likeness (QED) is 0.722. The summed E-state index contributed by atoms with van der Waals surface area (Å²) >= 11 is 0. The summed E-state index contributed by atoms with van der Waals surface area (Å²) in [6, 6.07) is 7.81. The third-order valence-corrected chi connectivity index (χ3v) is 3.80. The van der Waals surface area contributed by atoms with Crippen LogP contribution in [0.4, 0.5) is 5.69 Å². The Kier molecular flexibility index (Phi) is 4.56. The summed E-state index contributed by atoms with van der Waals surface area (Å²) in [7, 11) is 0. The Hall–Kier alpha value is -3.09. The molecule has 0 saturated carbocycles. The van der Waals surface area contributed by atoms with Crippen molar-refractivity contribution < 1.29 is 14.7 Å². The van der Waals surface area contributed by atoms with Crippen molar-refractivity contribution in [2.24, 2.45) is 5.92 Å². The molecule has 2 heterocycles. The maximum atomic E-state index is 12.1. The molecule has 1 amide bonds. The summed E-state index contributed by atoms with van der Waals surface area (Å²) in [6.45, 7) is 5.25. The number of benzene rings is 1. The number of fused-ring (bicyclic) bond motifs is 1. The van der Waals surface area contributed by atoms with E-state index in [1.54, 1.807) is 0 Å². The molecule has 1 aromatic carbocycles. The molecular weight excluding hydrogens is 320 g/mol. The van der Waals surface area contributed by atoms with Crippen LogP contribution in [-0.2, 0) is 17.9 Å².